The lowest BCUT2D eigenvalue weighted by molar-refractivity contribution is -0.385. The summed E-state index contributed by atoms with van der Waals surface area (Å²) < 4.78 is 5.94. The number of benzene rings is 2. The third-order valence-corrected chi connectivity index (χ3v) is 6.44. The highest BCUT2D eigenvalue weighted by Gasteiger charge is 2.17. The van der Waals surface area contributed by atoms with Gasteiger partial charge in [0, 0.05) is 37.7 Å². The molecule has 0 unspecified atom stereocenters. The first-order valence-corrected chi connectivity index (χ1v) is 13.3. The van der Waals surface area contributed by atoms with Gasteiger partial charge in [-0.2, -0.15) is 0 Å². The van der Waals surface area contributed by atoms with Crippen LogP contribution in [0.4, 0.5) is 5.69 Å². The first kappa shape index (κ1) is 29.8. The lowest BCUT2D eigenvalue weighted by Gasteiger charge is -2.22. The van der Waals surface area contributed by atoms with Gasteiger partial charge in [-0.25, -0.2) is 4.79 Å². The Morgan fingerprint density at radius 3 is 2.05 bits per heavy atom. The minimum absolute atomic E-state index is 0.0596. The van der Waals surface area contributed by atoms with Crippen LogP contribution in [0, 0.1) is 10.1 Å². The molecule has 0 aliphatic heterocycles. The van der Waals surface area contributed by atoms with Crippen molar-refractivity contribution in [2.75, 3.05) is 6.54 Å². The van der Waals surface area contributed by atoms with Gasteiger partial charge in [0.2, 0.25) is 5.91 Å². The summed E-state index contributed by atoms with van der Waals surface area (Å²) in [5.74, 6) is -0.628. The molecule has 0 aromatic heterocycles. The normalized spacial score (nSPS) is 10.8. The number of ether oxygens (including phenoxy) is 1. The molecule has 8 nitrogen and oxygen atoms in total. The Balaban J connectivity index is 1.94. The summed E-state index contributed by atoms with van der Waals surface area (Å²) in [5, 5.41) is 20.4. The van der Waals surface area contributed by atoms with Gasteiger partial charge in [0.05, 0.1) is 10.5 Å². The summed E-state index contributed by atoms with van der Waals surface area (Å²) in [5.41, 5.74) is 1.46. The molecule has 37 heavy (non-hydrogen) atoms. The van der Waals surface area contributed by atoms with Crippen LogP contribution >= 0.6 is 0 Å². The van der Waals surface area contributed by atoms with Crippen molar-refractivity contribution in [2.45, 2.75) is 91.2 Å². The maximum absolute atomic E-state index is 12.3. The van der Waals surface area contributed by atoms with Gasteiger partial charge in [-0.3, -0.25) is 14.9 Å². The van der Waals surface area contributed by atoms with Crippen molar-refractivity contribution in [3.8, 4) is 5.75 Å². The van der Waals surface area contributed by atoms with Gasteiger partial charge in [0.1, 0.15) is 12.4 Å². The van der Waals surface area contributed by atoms with E-state index in [1.807, 2.05) is 0 Å². The van der Waals surface area contributed by atoms with E-state index in [4.69, 9.17) is 9.84 Å². The number of carboxylic acids is 1. The average Bonchev–Trinajstić information content (AvgIpc) is 2.88. The molecule has 202 valence electrons. The number of hydrogen-bond donors (Lipinski definition) is 1. The first-order chi connectivity index (χ1) is 17.8. The van der Waals surface area contributed by atoms with Crippen LogP contribution in [0.1, 0.15) is 99.5 Å². The SMILES string of the molecule is CCCCCCCCCCCCN(Cc1cc([N+](=O)[O-])ccc1OCc1ccc(C(=O)O)cc1)C(C)=O. The molecule has 0 saturated carbocycles. The molecule has 0 atom stereocenters. The number of amides is 1. The standard InChI is InChI=1S/C29H40N2O6/c1-3-4-5-6-7-8-9-10-11-12-19-30(23(2)32)21-26-20-27(31(35)36)17-18-28(26)37-22-24-13-15-25(16-14-24)29(33)34/h13-18,20H,3-12,19,21-22H2,1-2H3,(H,33,34). The largest absolute Gasteiger partial charge is 0.489 e. The summed E-state index contributed by atoms with van der Waals surface area (Å²) in [6.07, 6.45) is 12.1. The van der Waals surface area contributed by atoms with Crippen LogP contribution in [0.15, 0.2) is 42.5 Å². The summed E-state index contributed by atoms with van der Waals surface area (Å²) in [6.45, 7) is 4.72. The van der Waals surface area contributed by atoms with Crippen molar-refractivity contribution in [3.05, 3.63) is 69.3 Å². The molecular weight excluding hydrogens is 472 g/mol. The predicted molar refractivity (Wildman–Crippen MR) is 144 cm³/mol. The Bertz CT molecular complexity index is 1010. The summed E-state index contributed by atoms with van der Waals surface area (Å²) in [4.78, 5) is 36.0. The van der Waals surface area contributed by atoms with Crippen LogP contribution in [0.2, 0.25) is 0 Å². The van der Waals surface area contributed by atoms with Crippen molar-refractivity contribution in [2.24, 2.45) is 0 Å². The highest BCUT2D eigenvalue weighted by molar-refractivity contribution is 5.87. The fourth-order valence-corrected chi connectivity index (χ4v) is 4.19. The van der Waals surface area contributed by atoms with Gasteiger partial charge < -0.3 is 14.7 Å². The van der Waals surface area contributed by atoms with Crippen molar-refractivity contribution >= 4 is 17.6 Å². The van der Waals surface area contributed by atoms with Crippen LogP contribution in [-0.2, 0) is 17.9 Å². The van der Waals surface area contributed by atoms with Crippen molar-refractivity contribution in [1.29, 1.82) is 0 Å². The quantitative estimate of drug-likeness (QED) is 0.129. The van der Waals surface area contributed by atoms with E-state index < -0.39 is 10.9 Å². The lowest BCUT2D eigenvalue weighted by Crippen LogP contribution is -2.29. The minimum atomic E-state index is -1.00. The molecule has 0 saturated heterocycles. The molecule has 0 aliphatic carbocycles. The lowest BCUT2D eigenvalue weighted by atomic mass is 10.1. The third-order valence-electron chi connectivity index (χ3n) is 6.44. The van der Waals surface area contributed by atoms with Crippen molar-refractivity contribution < 1.29 is 24.4 Å². The second-order valence-corrected chi connectivity index (χ2v) is 9.46. The number of nitro groups is 1. The molecule has 1 N–H and O–H groups in total. The van der Waals surface area contributed by atoms with E-state index in [0.717, 1.165) is 24.8 Å². The highest BCUT2D eigenvalue weighted by atomic mass is 16.6. The molecule has 8 heteroatoms. The van der Waals surface area contributed by atoms with Crippen molar-refractivity contribution in [3.63, 3.8) is 0 Å². The third kappa shape index (κ3) is 11.0. The molecule has 0 fully saturated rings. The minimum Gasteiger partial charge on any atom is -0.489 e. The number of unbranched alkanes of at least 4 members (excludes halogenated alkanes) is 9. The molecule has 0 heterocycles. The van der Waals surface area contributed by atoms with Crippen LogP contribution in [0.3, 0.4) is 0 Å². The molecular formula is C29H40N2O6. The smallest absolute Gasteiger partial charge is 0.335 e. The van der Waals surface area contributed by atoms with Gasteiger partial charge in [-0.05, 0) is 30.2 Å². The predicted octanol–water partition coefficient (Wildman–Crippen LogP) is 7.14. The Labute approximate surface area is 219 Å². The fourth-order valence-electron chi connectivity index (χ4n) is 4.19. The molecule has 2 aromatic carbocycles. The zero-order chi connectivity index (χ0) is 27.0. The number of nitro benzene ring substituents is 1. The van der Waals surface area contributed by atoms with Gasteiger partial charge in [0.25, 0.3) is 5.69 Å². The van der Waals surface area contributed by atoms with E-state index in [1.54, 1.807) is 23.1 Å². The van der Waals surface area contributed by atoms with E-state index in [2.05, 4.69) is 6.92 Å². The summed E-state index contributed by atoms with van der Waals surface area (Å²) in [7, 11) is 0. The van der Waals surface area contributed by atoms with Crippen LogP contribution < -0.4 is 4.74 Å². The first-order valence-electron chi connectivity index (χ1n) is 13.3. The highest BCUT2D eigenvalue weighted by Crippen LogP contribution is 2.27. The van der Waals surface area contributed by atoms with Gasteiger partial charge in [-0.1, -0.05) is 76.8 Å². The molecule has 2 rings (SSSR count). The van der Waals surface area contributed by atoms with E-state index in [1.165, 1.54) is 76.1 Å². The Kier molecular flexibility index (Phi) is 13.2. The second-order valence-electron chi connectivity index (χ2n) is 9.46. The molecule has 0 spiro atoms. The van der Waals surface area contributed by atoms with E-state index in [-0.39, 0.29) is 30.3 Å². The van der Waals surface area contributed by atoms with Crippen LogP contribution in [0.25, 0.3) is 0 Å². The Morgan fingerprint density at radius 2 is 1.51 bits per heavy atom. The summed E-state index contributed by atoms with van der Waals surface area (Å²) in [6, 6.07) is 10.7. The molecule has 0 bridgehead atoms. The number of carbonyl (C=O) groups excluding carboxylic acids is 1. The van der Waals surface area contributed by atoms with E-state index in [0.29, 0.717) is 17.9 Å². The summed E-state index contributed by atoms with van der Waals surface area (Å²) >= 11 is 0. The Morgan fingerprint density at radius 1 is 0.919 bits per heavy atom. The number of hydrogen-bond acceptors (Lipinski definition) is 5. The fraction of sp³-hybridized carbons (Fsp3) is 0.517. The number of carboxylic acid groups (broad SMARTS) is 1. The molecule has 0 radical (unpaired) electrons. The number of carbonyl (C=O) groups is 2. The topological polar surface area (TPSA) is 110 Å². The van der Waals surface area contributed by atoms with Gasteiger partial charge in [0.15, 0.2) is 0 Å². The second kappa shape index (κ2) is 16.3. The van der Waals surface area contributed by atoms with Gasteiger partial charge in [-0.15, -0.1) is 0 Å². The monoisotopic (exact) mass is 512 g/mol. The van der Waals surface area contributed by atoms with Gasteiger partial charge >= 0.3 is 5.97 Å². The van der Waals surface area contributed by atoms with E-state index >= 15 is 0 Å². The Hall–Kier alpha value is -3.42. The van der Waals surface area contributed by atoms with Crippen LogP contribution in [0.5, 0.6) is 5.75 Å². The van der Waals surface area contributed by atoms with Crippen molar-refractivity contribution in [1.82, 2.24) is 4.90 Å². The van der Waals surface area contributed by atoms with E-state index in [9.17, 15) is 19.7 Å². The maximum Gasteiger partial charge on any atom is 0.335 e. The molecule has 1 amide bonds. The molecule has 0 aliphatic rings. The van der Waals surface area contributed by atoms with Crippen LogP contribution in [-0.4, -0.2) is 33.4 Å². The maximum atomic E-state index is 12.3. The number of rotatable bonds is 18. The number of aromatic carboxylic acids is 1. The molecule has 2 aromatic rings. The number of nitrogens with zero attached hydrogens (tertiary/aromatic N) is 2. The zero-order valence-corrected chi connectivity index (χ0v) is 22.1. The average molecular weight is 513 g/mol. The zero-order valence-electron chi connectivity index (χ0n) is 22.1. The number of non-ortho nitro benzene ring substituents is 1.